The molecule has 12 heavy (non-hydrogen) atoms. The van der Waals surface area contributed by atoms with Crippen molar-refractivity contribution in [2.24, 2.45) is 10.7 Å². The second-order valence-corrected chi connectivity index (χ2v) is 3.54. The summed E-state index contributed by atoms with van der Waals surface area (Å²) in [5, 5.41) is 0. The van der Waals surface area contributed by atoms with Crippen LogP contribution in [-0.4, -0.2) is 5.84 Å². The van der Waals surface area contributed by atoms with Crippen LogP contribution in [0.1, 0.15) is 11.1 Å². The normalized spacial score (nSPS) is 14.3. The molecular formula is C8H6BrFN2. The van der Waals surface area contributed by atoms with Crippen LogP contribution in [0.15, 0.2) is 21.6 Å². The van der Waals surface area contributed by atoms with Crippen molar-refractivity contribution in [3.8, 4) is 0 Å². The molecule has 0 radical (unpaired) electrons. The summed E-state index contributed by atoms with van der Waals surface area (Å²) in [6.45, 7) is 0.484. The van der Waals surface area contributed by atoms with Crippen LogP contribution in [0, 0.1) is 5.82 Å². The van der Waals surface area contributed by atoms with Gasteiger partial charge in [0.15, 0.2) is 0 Å². The SMILES string of the molecule is NC1=NCc2cc(Br)cc(F)c21. The van der Waals surface area contributed by atoms with Crippen LogP contribution in [0.25, 0.3) is 0 Å². The number of fused-ring (bicyclic) bond motifs is 1. The Morgan fingerprint density at radius 2 is 2.25 bits per heavy atom. The van der Waals surface area contributed by atoms with E-state index in [4.69, 9.17) is 5.73 Å². The summed E-state index contributed by atoms with van der Waals surface area (Å²) in [6.07, 6.45) is 0. The van der Waals surface area contributed by atoms with Crippen molar-refractivity contribution in [1.29, 1.82) is 0 Å². The minimum atomic E-state index is -0.307. The Kier molecular flexibility index (Phi) is 1.65. The van der Waals surface area contributed by atoms with Gasteiger partial charge in [0.05, 0.1) is 12.1 Å². The lowest BCUT2D eigenvalue weighted by Crippen LogP contribution is -2.12. The van der Waals surface area contributed by atoms with Gasteiger partial charge in [-0.2, -0.15) is 0 Å². The van der Waals surface area contributed by atoms with E-state index in [0.29, 0.717) is 17.9 Å². The molecule has 1 aromatic rings. The zero-order chi connectivity index (χ0) is 8.72. The molecule has 2 N–H and O–H groups in total. The smallest absolute Gasteiger partial charge is 0.135 e. The number of nitrogens with two attached hydrogens (primary N) is 1. The highest BCUT2D eigenvalue weighted by Gasteiger charge is 2.17. The number of rotatable bonds is 0. The maximum absolute atomic E-state index is 13.2. The minimum absolute atomic E-state index is 0.301. The second-order valence-electron chi connectivity index (χ2n) is 2.62. The van der Waals surface area contributed by atoms with Crippen LogP contribution in [0.4, 0.5) is 4.39 Å². The summed E-state index contributed by atoms with van der Waals surface area (Å²) < 4.78 is 13.9. The van der Waals surface area contributed by atoms with Crippen LogP contribution < -0.4 is 5.73 Å². The number of hydrogen-bond donors (Lipinski definition) is 1. The third-order valence-corrected chi connectivity index (χ3v) is 2.27. The summed E-state index contributed by atoms with van der Waals surface area (Å²) >= 11 is 3.20. The molecule has 0 bridgehead atoms. The molecule has 62 valence electrons. The Labute approximate surface area is 77.4 Å². The van der Waals surface area contributed by atoms with Crippen LogP contribution in [0.5, 0.6) is 0 Å². The lowest BCUT2D eigenvalue weighted by Gasteiger charge is -2.01. The van der Waals surface area contributed by atoms with E-state index in [0.717, 1.165) is 10.0 Å². The molecule has 0 saturated heterocycles. The molecule has 2 rings (SSSR count). The third-order valence-electron chi connectivity index (χ3n) is 1.81. The highest BCUT2D eigenvalue weighted by atomic mass is 79.9. The highest BCUT2D eigenvalue weighted by molar-refractivity contribution is 9.10. The van der Waals surface area contributed by atoms with Crippen LogP contribution >= 0.6 is 15.9 Å². The zero-order valence-electron chi connectivity index (χ0n) is 6.14. The lowest BCUT2D eigenvalue weighted by molar-refractivity contribution is 0.623. The fourth-order valence-electron chi connectivity index (χ4n) is 1.29. The fourth-order valence-corrected chi connectivity index (χ4v) is 1.77. The minimum Gasteiger partial charge on any atom is -0.383 e. The monoisotopic (exact) mass is 228 g/mol. The lowest BCUT2D eigenvalue weighted by atomic mass is 10.1. The Morgan fingerprint density at radius 1 is 1.50 bits per heavy atom. The molecule has 1 aromatic carbocycles. The Hall–Kier alpha value is -0.900. The van der Waals surface area contributed by atoms with Crippen LogP contribution in [0.3, 0.4) is 0 Å². The molecule has 2 nitrogen and oxygen atoms in total. The van der Waals surface area contributed by atoms with Gasteiger partial charge in [0, 0.05) is 4.47 Å². The number of benzene rings is 1. The first kappa shape index (κ1) is 7.73. The van der Waals surface area contributed by atoms with E-state index in [-0.39, 0.29) is 5.82 Å². The Morgan fingerprint density at radius 3 is 3.00 bits per heavy atom. The highest BCUT2D eigenvalue weighted by Crippen LogP contribution is 2.24. The zero-order valence-corrected chi connectivity index (χ0v) is 7.73. The van der Waals surface area contributed by atoms with Crippen LogP contribution in [0.2, 0.25) is 0 Å². The predicted octanol–water partition coefficient (Wildman–Crippen LogP) is 1.81. The molecule has 0 aliphatic carbocycles. The molecule has 0 spiro atoms. The van der Waals surface area contributed by atoms with Gasteiger partial charge in [-0.25, -0.2) is 4.39 Å². The first-order valence-electron chi connectivity index (χ1n) is 3.46. The molecule has 4 heteroatoms. The molecule has 0 fully saturated rings. The largest absolute Gasteiger partial charge is 0.383 e. The average Bonchev–Trinajstić information content (AvgIpc) is 2.31. The van der Waals surface area contributed by atoms with Gasteiger partial charge in [-0.1, -0.05) is 15.9 Å². The molecule has 0 saturated carbocycles. The van der Waals surface area contributed by atoms with Crippen molar-refractivity contribution in [3.63, 3.8) is 0 Å². The maximum atomic E-state index is 13.2. The van der Waals surface area contributed by atoms with E-state index in [1.165, 1.54) is 6.07 Å². The van der Waals surface area contributed by atoms with E-state index in [1.54, 1.807) is 0 Å². The van der Waals surface area contributed by atoms with Gasteiger partial charge in [0.25, 0.3) is 0 Å². The number of aliphatic imine (C=N–C) groups is 1. The van der Waals surface area contributed by atoms with Gasteiger partial charge < -0.3 is 5.73 Å². The van der Waals surface area contributed by atoms with Gasteiger partial charge in [0.2, 0.25) is 0 Å². The van der Waals surface area contributed by atoms with Gasteiger partial charge in [-0.05, 0) is 17.7 Å². The van der Waals surface area contributed by atoms with Gasteiger partial charge in [-0.15, -0.1) is 0 Å². The van der Waals surface area contributed by atoms with Crippen molar-refractivity contribution in [1.82, 2.24) is 0 Å². The van der Waals surface area contributed by atoms with E-state index < -0.39 is 0 Å². The summed E-state index contributed by atoms with van der Waals surface area (Å²) in [5.41, 5.74) is 6.80. The molecule has 0 aromatic heterocycles. The quantitative estimate of drug-likeness (QED) is 0.723. The Balaban J connectivity index is 2.67. The van der Waals surface area contributed by atoms with E-state index in [1.807, 2.05) is 6.07 Å². The third kappa shape index (κ3) is 1.03. The molecule has 0 atom stereocenters. The fraction of sp³-hybridized carbons (Fsp3) is 0.125. The van der Waals surface area contributed by atoms with Crippen molar-refractivity contribution >= 4 is 21.8 Å². The summed E-state index contributed by atoms with van der Waals surface area (Å²) in [6, 6.07) is 3.23. The summed E-state index contributed by atoms with van der Waals surface area (Å²) in [4.78, 5) is 3.94. The average molecular weight is 229 g/mol. The maximum Gasteiger partial charge on any atom is 0.135 e. The molecule has 0 unspecified atom stereocenters. The van der Waals surface area contributed by atoms with E-state index in [9.17, 15) is 4.39 Å². The van der Waals surface area contributed by atoms with Crippen LogP contribution in [-0.2, 0) is 6.54 Å². The topological polar surface area (TPSA) is 38.4 Å². The van der Waals surface area contributed by atoms with Crippen molar-refractivity contribution < 1.29 is 4.39 Å². The van der Waals surface area contributed by atoms with Crippen molar-refractivity contribution in [2.45, 2.75) is 6.54 Å². The predicted molar refractivity (Wildman–Crippen MR) is 48.5 cm³/mol. The first-order chi connectivity index (χ1) is 5.68. The van der Waals surface area contributed by atoms with Gasteiger partial charge in [0.1, 0.15) is 11.7 Å². The van der Waals surface area contributed by atoms with Crippen molar-refractivity contribution in [2.75, 3.05) is 0 Å². The molecular weight excluding hydrogens is 223 g/mol. The van der Waals surface area contributed by atoms with Crippen molar-refractivity contribution in [3.05, 3.63) is 33.5 Å². The number of halogens is 2. The molecule has 1 heterocycles. The first-order valence-corrected chi connectivity index (χ1v) is 4.26. The molecule has 1 aliphatic rings. The van der Waals surface area contributed by atoms with Gasteiger partial charge >= 0.3 is 0 Å². The number of hydrogen-bond acceptors (Lipinski definition) is 2. The summed E-state index contributed by atoms with van der Waals surface area (Å²) in [7, 11) is 0. The second kappa shape index (κ2) is 2.55. The Bertz CT molecular complexity index is 374. The van der Waals surface area contributed by atoms with Gasteiger partial charge in [-0.3, -0.25) is 4.99 Å². The number of nitrogens with zero attached hydrogens (tertiary/aromatic N) is 1. The molecule has 0 amide bonds. The summed E-state index contributed by atoms with van der Waals surface area (Å²) in [5.74, 6) is -0.00637. The number of amidine groups is 1. The molecule has 1 aliphatic heterocycles. The van der Waals surface area contributed by atoms with E-state index >= 15 is 0 Å². The van der Waals surface area contributed by atoms with E-state index in [2.05, 4.69) is 20.9 Å². The standard InChI is InChI=1S/C8H6BrFN2/c9-5-1-4-3-12-8(11)7(4)6(10)2-5/h1-2H,3H2,(H2,11,12).